The lowest BCUT2D eigenvalue weighted by molar-refractivity contribution is 0.418. The fourth-order valence-corrected chi connectivity index (χ4v) is 4.39. The Morgan fingerprint density at radius 3 is 0.964 bits per heavy atom. The van der Waals surface area contributed by atoms with Gasteiger partial charge < -0.3 is 5.32 Å². The molecule has 0 aliphatic carbocycles. The molecule has 0 aliphatic heterocycles. The van der Waals surface area contributed by atoms with Crippen LogP contribution in [0.1, 0.15) is 162 Å². The van der Waals surface area contributed by atoms with Crippen molar-refractivity contribution in [3.05, 3.63) is 0 Å². The Morgan fingerprint density at radius 2 is 0.679 bits per heavy atom. The Hall–Kier alpha value is -0.0400. The van der Waals surface area contributed by atoms with Crippen molar-refractivity contribution in [2.75, 3.05) is 6.54 Å². The highest BCUT2D eigenvalue weighted by Crippen LogP contribution is 2.16. The van der Waals surface area contributed by atoms with Crippen molar-refractivity contribution in [2.45, 2.75) is 168 Å². The Labute approximate surface area is 180 Å². The Balaban J connectivity index is 3.41. The van der Waals surface area contributed by atoms with Crippen LogP contribution in [0.4, 0.5) is 0 Å². The average molecular weight is 396 g/mol. The van der Waals surface area contributed by atoms with Crippen molar-refractivity contribution in [3.8, 4) is 0 Å². The van der Waals surface area contributed by atoms with Crippen LogP contribution in [0.3, 0.4) is 0 Å². The molecule has 0 radical (unpaired) electrons. The van der Waals surface area contributed by atoms with Gasteiger partial charge in [0, 0.05) is 6.04 Å². The topological polar surface area (TPSA) is 12.0 Å². The lowest BCUT2D eigenvalue weighted by Crippen LogP contribution is -2.28. The summed E-state index contributed by atoms with van der Waals surface area (Å²) in [5, 5.41) is 3.74. The molecule has 0 rings (SSSR count). The third kappa shape index (κ3) is 22.3. The van der Waals surface area contributed by atoms with E-state index in [0.717, 1.165) is 12.6 Å². The molecule has 0 saturated heterocycles. The zero-order valence-corrected chi connectivity index (χ0v) is 20.3. The largest absolute Gasteiger partial charge is 0.314 e. The highest BCUT2D eigenvalue weighted by atomic mass is 14.9. The molecule has 0 spiro atoms. The van der Waals surface area contributed by atoms with Crippen LogP contribution >= 0.6 is 0 Å². The summed E-state index contributed by atoms with van der Waals surface area (Å²) in [6.07, 6.45) is 31.8. The Morgan fingerprint density at radius 1 is 0.393 bits per heavy atom. The third-order valence-corrected chi connectivity index (χ3v) is 6.31. The number of unbranched alkanes of at least 4 members (excludes halogenated alkanes) is 18. The minimum atomic E-state index is 0.785. The highest BCUT2D eigenvalue weighted by molar-refractivity contribution is 4.66. The summed E-state index contributed by atoms with van der Waals surface area (Å²) < 4.78 is 0. The van der Waals surface area contributed by atoms with Gasteiger partial charge in [-0.1, -0.05) is 149 Å². The lowest BCUT2D eigenvalue weighted by Gasteiger charge is -2.17. The number of rotatable bonds is 24. The van der Waals surface area contributed by atoms with Crippen LogP contribution < -0.4 is 5.32 Å². The first kappa shape index (κ1) is 28.0. The summed E-state index contributed by atoms with van der Waals surface area (Å²) in [6.45, 7) is 8.01. The molecular weight excluding hydrogens is 338 g/mol. The van der Waals surface area contributed by atoms with E-state index in [1.165, 1.54) is 141 Å². The molecule has 0 saturated carbocycles. The van der Waals surface area contributed by atoms with Gasteiger partial charge in [0.1, 0.15) is 0 Å². The molecule has 1 N–H and O–H groups in total. The Kier molecular flexibility index (Phi) is 25.0. The van der Waals surface area contributed by atoms with Crippen molar-refractivity contribution in [1.82, 2.24) is 5.32 Å². The van der Waals surface area contributed by atoms with Crippen molar-refractivity contribution < 1.29 is 0 Å². The fourth-order valence-electron chi connectivity index (χ4n) is 4.39. The van der Waals surface area contributed by atoms with Crippen LogP contribution in [0.25, 0.3) is 0 Å². The van der Waals surface area contributed by atoms with Crippen molar-refractivity contribution in [1.29, 1.82) is 0 Å². The first-order valence-corrected chi connectivity index (χ1v) is 13.6. The smallest absolute Gasteiger partial charge is 0.00669 e. The van der Waals surface area contributed by atoms with Crippen LogP contribution in [0.2, 0.25) is 0 Å². The van der Waals surface area contributed by atoms with E-state index in [0.29, 0.717) is 0 Å². The van der Waals surface area contributed by atoms with Crippen LogP contribution in [0, 0.1) is 0 Å². The van der Waals surface area contributed by atoms with Gasteiger partial charge in [0.15, 0.2) is 0 Å². The van der Waals surface area contributed by atoms with E-state index in [2.05, 4.69) is 26.1 Å². The molecule has 28 heavy (non-hydrogen) atoms. The first-order chi connectivity index (χ1) is 13.8. The molecule has 0 unspecified atom stereocenters. The molecule has 0 bridgehead atoms. The van der Waals surface area contributed by atoms with Crippen LogP contribution in [-0.4, -0.2) is 12.6 Å². The minimum Gasteiger partial charge on any atom is -0.314 e. The van der Waals surface area contributed by atoms with Gasteiger partial charge in [-0.2, -0.15) is 0 Å². The molecule has 0 aromatic rings. The van der Waals surface area contributed by atoms with E-state index in [-0.39, 0.29) is 0 Å². The standard InChI is InChI=1S/C27H57N/c1-4-7-9-11-13-15-17-19-21-23-25-27(28-6-3)26-24-22-20-18-16-14-12-10-8-5-2/h27-28H,4-26H2,1-3H3. The van der Waals surface area contributed by atoms with Gasteiger partial charge >= 0.3 is 0 Å². The fraction of sp³-hybridized carbons (Fsp3) is 1.00. The second kappa shape index (κ2) is 25.0. The van der Waals surface area contributed by atoms with Crippen molar-refractivity contribution in [2.24, 2.45) is 0 Å². The maximum Gasteiger partial charge on any atom is 0.00669 e. The molecule has 0 heterocycles. The summed E-state index contributed by atoms with van der Waals surface area (Å²) >= 11 is 0. The summed E-state index contributed by atoms with van der Waals surface area (Å²) in [7, 11) is 0. The van der Waals surface area contributed by atoms with Crippen LogP contribution in [0.15, 0.2) is 0 Å². The molecule has 0 atom stereocenters. The van der Waals surface area contributed by atoms with E-state index in [9.17, 15) is 0 Å². The first-order valence-electron chi connectivity index (χ1n) is 13.6. The summed E-state index contributed by atoms with van der Waals surface area (Å²) in [6, 6.07) is 0.785. The molecule has 1 nitrogen and oxygen atoms in total. The molecule has 170 valence electrons. The van der Waals surface area contributed by atoms with E-state index in [1.54, 1.807) is 0 Å². The zero-order chi connectivity index (χ0) is 20.5. The third-order valence-electron chi connectivity index (χ3n) is 6.31. The molecule has 0 aliphatic rings. The summed E-state index contributed by atoms with van der Waals surface area (Å²) in [5.41, 5.74) is 0. The SMILES string of the molecule is CCCCCCCCCCCCC(CCCCCCCCCCCC)NCC. The average Bonchev–Trinajstić information content (AvgIpc) is 2.70. The summed E-state index contributed by atoms with van der Waals surface area (Å²) in [4.78, 5) is 0. The molecule has 0 aromatic carbocycles. The maximum absolute atomic E-state index is 3.74. The predicted octanol–water partition coefficient (Wildman–Crippen LogP) is 9.59. The molecule has 0 fully saturated rings. The van der Waals surface area contributed by atoms with Gasteiger partial charge in [0.2, 0.25) is 0 Å². The molecule has 1 heteroatoms. The second-order valence-electron chi connectivity index (χ2n) is 9.20. The number of hydrogen-bond donors (Lipinski definition) is 1. The molecule has 0 amide bonds. The highest BCUT2D eigenvalue weighted by Gasteiger charge is 2.06. The lowest BCUT2D eigenvalue weighted by atomic mass is 9.99. The van der Waals surface area contributed by atoms with Crippen molar-refractivity contribution in [3.63, 3.8) is 0 Å². The predicted molar refractivity (Wildman–Crippen MR) is 130 cm³/mol. The monoisotopic (exact) mass is 395 g/mol. The maximum atomic E-state index is 3.74. The number of nitrogens with one attached hydrogen (secondary N) is 1. The Bertz CT molecular complexity index is 239. The van der Waals surface area contributed by atoms with Crippen molar-refractivity contribution >= 4 is 0 Å². The quantitative estimate of drug-likeness (QED) is 0.160. The van der Waals surface area contributed by atoms with Crippen LogP contribution in [-0.2, 0) is 0 Å². The van der Waals surface area contributed by atoms with Gasteiger partial charge in [-0.05, 0) is 19.4 Å². The van der Waals surface area contributed by atoms with Gasteiger partial charge in [-0.15, -0.1) is 0 Å². The molecular formula is C27H57N. The summed E-state index contributed by atoms with van der Waals surface area (Å²) in [5.74, 6) is 0. The van der Waals surface area contributed by atoms with Gasteiger partial charge in [-0.25, -0.2) is 0 Å². The van der Waals surface area contributed by atoms with E-state index in [1.807, 2.05) is 0 Å². The van der Waals surface area contributed by atoms with E-state index < -0.39 is 0 Å². The number of hydrogen-bond acceptors (Lipinski definition) is 1. The van der Waals surface area contributed by atoms with E-state index >= 15 is 0 Å². The molecule has 0 aromatic heterocycles. The van der Waals surface area contributed by atoms with Crippen LogP contribution in [0.5, 0.6) is 0 Å². The minimum absolute atomic E-state index is 0.785. The van der Waals surface area contributed by atoms with Gasteiger partial charge in [-0.3, -0.25) is 0 Å². The van der Waals surface area contributed by atoms with Gasteiger partial charge in [0.05, 0.1) is 0 Å². The van der Waals surface area contributed by atoms with Gasteiger partial charge in [0.25, 0.3) is 0 Å². The van der Waals surface area contributed by atoms with E-state index in [4.69, 9.17) is 0 Å². The second-order valence-corrected chi connectivity index (χ2v) is 9.20. The zero-order valence-electron chi connectivity index (χ0n) is 20.3. The normalized spacial score (nSPS) is 11.6.